The number of piperazine rings is 1. The fraction of sp³-hybridized carbons (Fsp3) is 0.258. The average molecular weight is 524 g/mol. The number of benzene rings is 3. The van der Waals surface area contributed by atoms with E-state index in [0.717, 1.165) is 59.7 Å². The Balaban J connectivity index is 1.47. The number of fused-ring (bicyclic) bond motifs is 1. The number of nitrogens with one attached hydrogen (secondary N) is 1. The minimum absolute atomic E-state index is 0.206. The molecule has 1 N–H and O–H groups in total. The lowest BCUT2D eigenvalue weighted by molar-refractivity contribution is 0.0602. The monoisotopic (exact) mass is 523 g/mol. The van der Waals surface area contributed by atoms with Crippen molar-refractivity contribution in [3.8, 4) is 6.07 Å². The molecule has 1 atom stereocenters. The third-order valence-corrected chi connectivity index (χ3v) is 7.16. The van der Waals surface area contributed by atoms with Crippen LogP contribution in [0.1, 0.15) is 40.0 Å². The summed E-state index contributed by atoms with van der Waals surface area (Å²) in [6, 6.07) is 21.9. The Bertz CT molecular complexity index is 1560. The zero-order chi connectivity index (χ0) is 27.5. The molecule has 0 bridgehead atoms. The molecule has 1 aliphatic heterocycles. The van der Waals surface area contributed by atoms with Gasteiger partial charge in [-0.1, -0.05) is 18.2 Å². The van der Waals surface area contributed by atoms with Crippen LogP contribution < -0.4 is 15.1 Å². The van der Waals surface area contributed by atoms with Crippen LogP contribution >= 0.6 is 0 Å². The lowest BCUT2D eigenvalue weighted by Gasteiger charge is -2.37. The molecule has 0 aliphatic carbocycles. The number of rotatable bonds is 6. The van der Waals surface area contributed by atoms with Crippen molar-refractivity contribution >= 4 is 34.1 Å². The van der Waals surface area contributed by atoms with Gasteiger partial charge < -0.3 is 19.9 Å². The van der Waals surface area contributed by atoms with E-state index in [4.69, 9.17) is 9.72 Å². The highest BCUT2D eigenvalue weighted by Gasteiger charge is 2.22. The summed E-state index contributed by atoms with van der Waals surface area (Å²) in [5.74, 6) is 0.0988. The van der Waals surface area contributed by atoms with Crippen molar-refractivity contribution in [3.05, 3.63) is 94.8 Å². The highest BCUT2D eigenvalue weighted by Crippen LogP contribution is 2.32. The topological polar surface area (TPSA) is 81.5 Å². The van der Waals surface area contributed by atoms with Crippen molar-refractivity contribution in [1.82, 2.24) is 4.98 Å². The largest absolute Gasteiger partial charge is 0.465 e. The van der Waals surface area contributed by atoms with Gasteiger partial charge in [0, 0.05) is 48.5 Å². The van der Waals surface area contributed by atoms with Crippen molar-refractivity contribution in [2.45, 2.75) is 19.9 Å². The van der Waals surface area contributed by atoms with Crippen LogP contribution in [0, 0.1) is 24.1 Å². The maximum atomic E-state index is 13.4. The van der Waals surface area contributed by atoms with Gasteiger partial charge >= 0.3 is 5.97 Å². The van der Waals surface area contributed by atoms with E-state index < -0.39 is 5.97 Å². The predicted molar refractivity (Wildman–Crippen MR) is 152 cm³/mol. The fourth-order valence-corrected chi connectivity index (χ4v) is 5.13. The van der Waals surface area contributed by atoms with Crippen molar-refractivity contribution in [2.24, 2.45) is 0 Å². The van der Waals surface area contributed by atoms with Gasteiger partial charge in [0.1, 0.15) is 11.6 Å². The molecule has 0 saturated carbocycles. The second-order valence-corrected chi connectivity index (χ2v) is 9.74. The number of carbonyl (C=O) groups is 1. The van der Waals surface area contributed by atoms with Gasteiger partial charge in [-0.25, -0.2) is 14.2 Å². The summed E-state index contributed by atoms with van der Waals surface area (Å²) in [5, 5.41) is 14.3. The number of nitriles is 1. The van der Waals surface area contributed by atoms with Gasteiger partial charge in [-0.3, -0.25) is 0 Å². The molecule has 1 aliphatic rings. The van der Waals surface area contributed by atoms with Crippen LogP contribution in [0.4, 0.5) is 21.6 Å². The number of nitrogens with zero attached hydrogens (tertiary/aromatic N) is 4. The summed E-state index contributed by atoms with van der Waals surface area (Å²) in [6.45, 7) is 6.99. The number of halogens is 1. The Morgan fingerprint density at radius 2 is 1.74 bits per heavy atom. The molecule has 5 rings (SSSR count). The van der Waals surface area contributed by atoms with Crippen molar-refractivity contribution in [1.29, 1.82) is 5.26 Å². The van der Waals surface area contributed by atoms with E-state index in [1.807, 2.05) is 38.1 Å². The fourth-order valence-electron chi connectivity index (χ4n) is 5.13. The molecule has 3 aromatic carbocycles. The van der Waals surface area contributed by atoms with E-state index in [2.05, 4.69) is 27.3 Å². The molecule has 1 unspecified atom stereocenters. The first kappa shape index (κ1) is 26.0. The Hall–Kier alpha value is -4.64. The van der Waals surface area contributed by atoms with Crippen LogP contribution in [0.15, 0.2) is 66.7 Å². The molecule has 0 amide bonds. The smallest absolute Gasteiger partial charge is 0.339 e. The highest BCUT2D eigenvalue weighted by atomic mass is 19.1. The summed E-state index contributed by atoms with van der Waals surface area (Å²) < 4.78 is 18.3. The summed E-state index contributed by atoms with van der Waals surface area (Å²) in [6.07, 6.45) is 0. The van der Waals surface area contributed by atoms with Crippen LogP contribution in [-0.4, -0.2) is 44.2 Å². The van der Waals surface area contributed by atoms with Crippen LogP contribution in [0.25, 0.3) is 10.9 Å². The molecule has 39 heavy (non-hydrogen) atoms. The van der Waals surface area contributed by atoms with Gasteiger partial charge in [0.2, 0.25) is 0 Å². The van der Waals surface area contributed by atoms with Crippen molar-refractivity contribution in [2.75, 3.05) is 48.4 Å². The number of carbonyl (C=O) groups excluding carboxylic acids is 1. The molecule has 0 spiro atoms. The number of hydrogen-bond donors (Lipinski definition) is 1. The molecule has 8 heteroatoms. The number of para-hydroxylation sites is 1. The van der Waals surface area contributed by atoms with E-state index in [1.54, 1.807) is 24.3 Å². The Morgan fingerprint density at radius 1 is 1.05 bits per heavy atom. The number of hydrogen-bond acceptors (Lipinski definition) is 7. The first-order chi connectivity index (χ1) is 18.9. The third-order valence-electron chi connectivity index (χ3n) is 7.16. The van der Waals surface area contributed by atoms with E-state index in [9.17, 15) is 14.4 Å². The van der Waals surface area contributed by atoms with Gasteiger partial charge in [-0.15, -0.1) is 0 Å². The highest BCUT2D eigenvalue weighted by molar-refractivity contribution is 5.96. The van der Waals surface area contributed by atoms with Crippen molar-refractivity contribution < 1.29 is 13.9 Å². The number of anilines is 3. The average Bonchev–Trinajstić information content (AvgIpc) is 2.96. The molecular formula is C31H30FN5O2. The van der Waals surface area contributed by atoms with Gasteiger partial charge in [0.05, 0.1) is 35.9 Å². The lowest BCUT2D eigenvalue weighted by atomic mass is 9.97. The first-order valence-electron chi connectivity index (χ1n) is 12.9. The molecule has 1 aromatic heterocycles. The second-order valence-electron chi connectivity index (χ2n) is 9.74. The number of aryl methyl sites for hydroxylation is 1. The normalized spacial score (nSPS) is 14.1. The summed E-state index contributed by atoms with van der Waals surface area (Å²) >= 11 is 0. The van der Waals surface area contributed by atoms with Crippen LogP contribution in [0.5, 0.6) is 0 Å². The van der Waals surface area contributed by atoms with Crippen molar-refractivity contribution in [3.63, 3.8) is 0 Å². The molecule has 7 nitrogen and oxygen atoms in total. The van der Waals surface area contributed by atoms with Crippen LogP contribution in [-0.2, 0) is 4.74 Å². The molecule has 1 saturated heterocycles. The van der Waals surface area contributed by atoms with Gasteiger partial charge in [0.15, 0.2) is 0 Å². The lowest BCUT2D eigenvalue weighted by Crippen LogP contribution is -2.46. The molecule has 198 valence electrons. The quantitative estimate of drug-likeness (QED) is 0.318. The number of aromatic nitrogens is 1. The molecule has 4 aromatic rings. The summed E-state index contributed by atoms with van der Waals surface area (Å²) in [4.78, 5) is 21.8. The first-order valence-corrected chi connectivity index (χ1v) is 12.9. The molecule has 1 fully saturated rings. The number of pyridine rings is 1. The third kappa shape index (κ3) is 5.34. The molecular weight excluding hydrogens is 493 g/mol. The molecule has 2 heterocycles. The number of esters is 1. The van der Waals surface area contributed by atoms with Crippen LogP contribution in [0.3, 0.4) is 0 Å². The van der Waals surface area contributed by atoms with Gasteiger partial charge in [-0.2, -0.15) is 5.26 Å². The van der Waals surface area contributed by atoms with E-state index >= 15 is 0 Å². The zero-order valence-corrected chi connectivity index (χ0v) is 22.2. The maximum Gasteiger partial charge on any atom is 0.339 e. The zero-order valence-electron chi connectivity index (χ0n) is 22.2. The summed E-state index contributed by atoms with van der Waals surface area (Å²) in [5.41, 5.74) is 5.40. The minimum Gasteiger partial charge on any atom is -0.465 e. The Kier molecular flexibility index (Phi) is 7.33. The minimum atomic E-state index is -0.411. The van der Waals surface area contributed by atoms with Crippen LogP contribution in [0.2, 0.25) is 0 Å². The van der Waals surface area contributed by atoms with Gasteiger partial charge in [-0.05, 0) is 67.9 Å². The maximum absolute atomic E-state index is 13.4. The SMILES string of the molecule is COC(=O)c1ccccc1NC(C)c1cc(C)cc2c(C#N)cc(N3CCN(c4ccc(F)cc4)CC3)nc12. The molecule has 0 radical (unpaired) electrons. The van der Waals surface area contributed by atoms with Gasteiger partial charge in [0.25, 0.3) is 0 Å². The van der Waals surface area contributed by atoms with E-state index in [1.165, 1.54) is 19.2 Å². The van der Waals surface area contributed by atoms with E-state index in [0.29, 0.717) is 16.8 Å². The summed E-state index contributed by atoms with van der Waals surface area (Å²) in [7, 11) is 1.37. The standard InChI is InChI=1S/C31H30FN5O2/c1-20-16-26(21(2)34-28-7-5-4-6-25(28)31(38)39-3)30-27(17-20)22(19-33)18-29(35-30)37-14-12-36(13-15-37)24-10-8-23(32)9-11-24/h4-11,16-18,21,34H,12-15H2,1-3H3. The number of ether oxygens (including phenoxy) is 1. The number of methoxy groups -OCH3 is 1. The Morgan fingerprint density at radius 3 is 2.44 bits per heavy atom. The van der Waals surface area contributed by atoms with E-state index in [-0.39, 0.29) is 11.9 Å². The second kappa shape index (κ2) is 11.0. The predicted octanol–water partition coefficient (Wildman–Crippen LogP) is 5.84. The Labute approximate surface area is 227 Å².